The highest BCUT2D eigenvalue weighted by Gasteiger charge is 2.21. The molecule has 0 fully saturated rings. The lowest BCUT2D eigenvalue weighted by molar-refractivity contribution is 0.0761. The maximum atomic E-state index is 13.1. The monoisotopic (exact) mass is 491 g/mol. The van der Waals surface area contributed by atoms with E-state index in [2.05, 4.69) is 10.1 Å². The van der Waals surface area contributed by atoms with Crippen molar-refractivity contribution in [2.45, 2.75) is 11.3 Å². The molecule has 0 aliphatic rings. The van der Waals surface area contributed by atoms with Crippen LogP contribution in [0.2, 0.25) is 0 Å². The number of carbonyl (C=O) groups excluding carboxylic acids is 1. The van der Waals surface area contributed by atoms with Crippen LogP contribution in [0.25, 0.3) is 5.69 Å². The number of amides is 1. The first-order chi connectivity index (χ1) is 16.8. The van der Waals surface area contributed by atoms with E-state index in [0.29, 0.717) is 31.1 Å². The molecule has 1 aromatic heterocycles. The van der Waals surface area contributed by atoms with Crippen molar-refractivity contribution in [2.24, 2.45) is 5.14 Å². The van der Waals surface area contributed by atoms with Crippen molar-refractivity contribution in [3.63, 3.8) is 0 Å². The molecule has 0 bridgehead atoms. The average molecular weight is 492 g/mol. The molecule has 0 radical (unpaired) electrons. The molecule has 35 heavy (non-hydrogen) atoms. The summed E-state index contributed by atoms with van der Waals surface area (Å²) in [5.74, 6) is 0.949. The van der Waals surface area contributed by atoms with E-state index >= 15 is 0 Å². The van der Waals surface area contributed by atoms with Gasteiger partial charge in [0.25, 0.3) is 5.91 Å². The lowest BCUT2D eigenvalue weighted by Gasteiger charge is -2.15. The van der Waals surface area contributed by atoms with E-state index in [0.717, 1.165) is 11.3 Å². The number of nitrogens with zero attached hydrogens (tertiary/aromatic N) is 4. The number of benzene rings is 3. The van der Waals surface area contributed by atoms with Gasteiger partial charge in [0.15, 0.2) is 0 Å². The highest BCUT2D eigenvalue weighted by molar-refractivity contribution is 7.89. The zero-order valence-electron chi connectivity index (χ0n) is 19.1. The van der Waals surface area contributed by atoms with Crippen LogP contribution in [0.15, 0.2) is 89.8 Å². The summed E-state index contributed by atoms with van der Waals surface area (Å²) < 4.78 is 30.5. The van der Waals surface area contributed by atoms with E-state index in [-0.39, 0.29) is 16.6 Å². The molecule has 1 heterocycles. The van der Waals surface area contributed by atoms with Gasteiger partial charge in [-0.15, -0.1) is 5.10 Å². The van der Waals surface area contributed by atoms with E-state index in [1.807, 2.05) is 60.7 Å². The average Bonchev–Trinajstić information content (AvgIpc) is 3.28. The van der Waals surface area contributed by atoms with Crippen LogP contribution in [-0.2, 0) is 16.4 Å². The van der Waals surface area contributed by atoms with Gasteiger partial charge in [-0.05, 0) is 42.0 Å². The number of hydrogen-bond donors (Lipinski definition) is 1. The van der Waals surface area contributed by atoms with Gasteiger partial charge in [-0.2, -0.15) is 0 Å². The first-order valence-corrected chi connectivity index (χ1v) is 12.4. The maximum absolute atomic E-state index is 13.1. The second-order valence-corrected chi connectivity index (χ2v) is 9.41. The molecule has 0 saturated carbocycles. The largest absolute Gasteiger partial charge is 0.492 e. The lowest BCUT2D eigenvalue weighted by Crippen LogP contribution is -2.31. The third kappa shape index (κ3) is 6.11. The predicted molar refractivity (Wildman–Crippen MR) is 131 cm³/mol. The number of primary sulfonamides is 1. The lowest BCUT2D eigenvalue weighted by atomic mass is 10.1. The Hall–Kier alpha value is -4.02. The van der Waals surface area contributed by atoms with Crippen molar-refractivity contribution in [3.05, 3.63) is 102 Å². The first kappa shape index (κ1) is 24.1. The highest BCUT2D eigenvalue weighted by Crippen LogP contribution is 2.17. The van der Waals surface area contributed by atoms with Gasteiger partial charge in [0.05, 0.1) is 17.1 Å². The van der Waals surface area contributed by atoms with Crippen molar-refractivity contribution >= 4 is 15.9 Å². The molecular weight excluding hydrogens is 466 g/mol. The molecule has 4 rings (SSSR count). The van der Waals surface area contributed by atoms with E-state index < -0.39 is 10.0 Å². The molecule has 0 aliphatic carbocycles. The minimum absolute atomic E-state index is 0.0135. The number of sulfonamides is 1. The molecular formula is C25H25N5O4S. The fourth-order valence-electron chi connectivity index (χ4n) is 3.40. The maximum Gasteiger partial charge on any atom is 0.293 e. The zero-order valence-corrected chi connectivity index (χ0v) is 19.9. The zero-order chi connectivity index (χ0) is 24.8. The summed E-state index contributed by atoms with van der Waals surface area (Å²) in [6.45, 7) is 0.665. The van der Waals surface area contributed by atoms with Crippen molar-refractivity contribution in [2.75, 3.05) is 20.2 Å². The van der Waals surface area contributed by atoms with Gasteiger partial charge in [-0.1, -0.05) is 48.5 Å². The Labute approximate surface area is 203 Å². The Morgan fingerprint density at radius 3 is 2.23 bits per heavy atom. The number of para-hydroxylation sites is 1. The van der Waals surface area contributed by atoms with E-state index in [1.165, 1.54) is 17.0 Å². The summed E-state index contributed by atoms with van der Waals surface area (Å²) >= 11 is 0. The predicted octanol–water partition coefficient (Wildman–Crippen LogP) is 2.66. The Balaban J connectivity index is 1.56. The van der Waals surface area contributed by atoms with E-state index in [1.54, 1.807) is 23.9 Å². The first-order valence-electron chi connectivity index (χ1n) is 10.9. The van der Waals surface area contributed by atoms with Crippen LogP contribution in [0.3, 0.4) is 0 Å². The quantitative estimate of drug-likeness (QED) is 0.384. The molecule has 1 amide bonds. The van der Waals surface area contributed by atoms with Crippen molar-refractivity contribution < 1.29 is 17.9 Å². The Morgan fingerprint density at radius 1 is 0.971 bits per heavy atom. The number of aromatic nitrogens is 3. The van der Waals surface area contributed by atoms with Crippen LogP contribution in [0.4, 0.5) is 0 Å². The van der Waals surface area contributed by atoms with Crippen molar-refractivity contribution in [3.8, 4) is 11.4 Å². The molecule has 10 heteroatoms. The Morgan fingerprint density at radius 2 is 1.60 bits per heavy atom. The molecule has 0 aliphatic heterocycles. The summed E-state index contributed by atoms with van der Waals surface area (Å²) in [7, 11) is -2.16. The van der Waals surface area contributed by atoms with Gasteiger partial charge in [-0.3, -0.25) is 4.79 Å². The molecule has 0 atom stereocenters. The Kier molecular flexibility index (Phi) is 7.23. The summed E-state index contributed by atoms with van der Waals surface area (Å²) in [5, 5.41) is 9.66. The van der Waals surface area contributed by atoms with Crippen LogP contribution in [0.5, 0.6) is 5.75 Å². The van der Waals surface area contributed by atoms with Gasteiger partial charge in [0.2, 0.25) is 15.8 Å². The molecule has 9 nitrogen and oxygen atoms in total. The number of carbonyl (C=O) groups is 1. The molecule has 0 saturated heterocycles. The molecule has 0 unspecified atom stereocenters. The smallest absolute Gasteiger partial charge is 0.293 e. The molecule has 3 aromatic carbocycles. The van der Waals surface area contributed by atoms with Crippen LogP contribution in [-0.4, -0.2) is 54.2 Å². The number of hydrogen-bond acceptors (Lipinski definition) is 6. The summed E-state index contributed by atoms with van der Waals surface area (Å²) in [6.07, 6.45) is 0.429. The molecule has 2 N–H and O–H groups in total. The number of rotatable bonds is 9. The third-order valence-corrected chi connectivity index (χ3v) is 6.19. The fraction of sp³-hybridized carbons (Fsp3) is 0.160. The Bertz CT molecular complexity index is 1390. The second-order valence-electron chi connectivity index (χ2n) is 7.85. The van der Waals surface area contributed by atoms with E-state index in [9.17, 15) is 13.2 Å². The third-order valence-electron chi connectivity index (χ3n) is 5.27. The molecule has 0 spiro atoms. The number of nitrogens with two attached hydrogens (primary N) is 1. The van der Waals surface area contributed by atoms with Gasteiger partial charge in [-0.25, -0.2) is 23.2 Å². The molecule has 4 aromatic rings. The van der Waals surface area contributed by atoms with E-state index in [4.69, 9.17) is 9.88 Å². The summed E-state index contributed by atoms with van der Waals surface area (Å²) in [4.78, 5) is 19.1. The number of likely N-dealkylation sites (N-methyl/N-ethyl adjacent to an activating group) is 1. The SMILES string of the molecule is CN(CCOc1ccccc1)C(=O)c1nc(Cc2ccccc2)n(-c2ccc(S(N)(=O)=O)cc2)n1. The van der Waals surface area contributed by atoms with Crippen molar-refractivity contribution in [1.29, 1.82) is 0 Å². The van der Waals surface area contributed by atoms with Crippen LogP contribution in [0, 0.1) is 0 Å². The molecule has 180 valence electrons. The number of ether oxygens (including phenoxy) is 1. The van der Waals surface area contributed by atoms with Gasteiger partial charge in [0.1, 0.15) is 18.2 Å². The second kappa shape index (κ2) is 10.5. The normalized spacial score (nSPS) is 11.3. The minimum atomic E-state index is -3.83. The summed E-state index contributed by atoms with van der Waals surface area (Å²) in [5.41, 5.74) is 1.55. The van der Waals surface area contributed by atoms with Gasteiger partial charge in [0, 0.05) is 13.5 Å². The summed E-state index contributed by atoms with van der Waals surface area (Å²) in [6, 6.07) is 25.0. The van der Waals surface area contributed by atoms with Crippen LogP contribution in [0.1, 0.15) is 22.0 Å². The highest BCUT2D eigenvalue weighted by atomic mass is 32.2. The minimum Gasteiger partial charge on any atom is -0.492 e. The van der Waals surface area contributed by atoms with Crippen LogP contribution < -0.4 is 9.88 Å². The standard InChI is InChI=1S/C25H25N5O4S/c1-29(16-17-34-21-10-6-3-7-11-21)25(31)24-27-23(18-19-8-4-2-5-9-19)30(28-24)20-12-14-22(15-13-20)35(26,32)33/h2-15H,16-18H2,1H3,(H2,26,32,33). The van der Waals surface area contributed by atoms with Crippen molar-refractivity contribution in [1.82, 2.24) is 19.7 Å². The fourth-order valence-corrected chi connectivity index (χ4v) is 3.92. The van der Waals surface area contributed by atoms with Crippen LogP contribution >= 0.6 is 0 Å². The van der Waals surface area contributed by atoms with Gasteiger partial charge >= 0.3 is 0 Å². The topological polar surface area (TPSA) is 120 Å². The van der Waals surface area contributed by atoms with Gasteiger partial charge < -0.3 is 9.64 Å².